The topological polar surface area (TPSA) is 64.4 Å². The molecule has 2 aromatic carbocycles. The Balaban J connectivity index is 1.45. The monoisotopic (exact) mass is 345 g/mol. The van der Waals surface area contributed by atoms with Crippen molar-refractivity contribution in [3.63, 3.8) is 0 Å². The van der Waals surface area contributed by atoms with Crippen LogP contribution >= 0.6 is 0 Å². The van der Waals surface area contributed by atoms with Crippen LogP contribution in [0.4, 0.5) is 0 Å². The smallest absolute Gasteiger partial charge is 0.234 e. The van der Waals surface area contributed by atoms with E-state index in [4.69, 9.17) is 5.26 Å². The molecule has 0 N–H and O–H groups in total. The second-order valence-corrected chi connectivity index (χ2v) is 6.97. The summed E-state index contributed by atoms with van der Waals surface area (Å²) in [6.07, 6.45) is 0. The molecule has 2 atom stereocenters. The number of rotatable bonds is 4. The molecule has 26 heavy (non-hydrogen) atoms. The average Bonchev–Trinajstić information content (AvgIpc) is 3.17. The molecule has 2 amide bonds. The van der Waals surface area contributed by atoms with E-state index in [1.165, 1.54) is 10.5 Å². The van der Waals surface area contributed by atoms with E-state index in [2.05, 4.69) is 23.1 Å². The number of amides is 2. The van der Waals surface area contributed by atoms with Crippen LogP contribution in [0.3, 0.4) is 0 Å². The minimum absolute atomic E-state index is 0.0853. The standard InChI is InChI=1S/C21H19N3O2/c22-10-16-7-4-8-17(9-16)12-24-20(25)18-13-23(14-19(18)21(24)26)11-15-5-2-1-3-6-15/h1-9,18-19H,11-14H2/t18-,19-/m1/s1. The third-order valence-corrected chi connectivity index (χ3v) is 5.21. The summed E-state index contributed by atoms with van der Waals surface area (Å²) in [7, 11) is 0. The molecule has 4 rings (SSSR count). The number of nitrogens with zero attached hydrogens (tertiary/aromatic N) is 3. The zero-order valence-corrected chi connectivity index (χ0v) is 14.3. The van der Waals surface area contributed by atoms with Gasteiger partial charge in [-0.05, 0) is 23.3 Å². The SMILES string of the molecule is N#Cc1cccc(CN2C(=O)[C@@H]3CN(Cc4ccccc4)C[C@H]3C2=O)c1. The lowest BCUT2D eigenvalue weighted by atomic mass is 10.00. The Morgan fingerprint density at radius 1 is 0.885 bits per heavy atom. The summed E-state index contributed by atoms with van der Waals surface area (Å²) in [6.45, 7) is 2.26. The zero-order chi connectivity index (χ0) is 18.1. The lowest BCUT2D eigenvalue weighted by molar-refractivity contribution is -0.141. The van der Waals surface area contributed by atoms with Crippen molar-refractivity contribution in [1.82, 2.24) is 9.80 Å². The summed E-state index contributed by atoms with van der Waals surface area (Å²) in [5.74, 6) is -0.661. The van der Waals surface area contributed by atoms with Crippen molar-refractivity contribution in [3.05, 3.63) is 71.3 Å². The minimum Gasteiger partial charge on any atom is -0.297 e. The molecule has 0 saturated carbocycles. The van der Waals surface area contributed by atoms with E-state index in [1.807, 2.05) is 24.3 Å². The summed E-state index contributed by atoms with van der Waals surface area (Å²) in [5.41, 5.74) is 2.54. The van der Waals surface area contributed by atoms with Crippen molar-refractivity contribution in [1.29, 1.82) is 5.26 Å². The lowest BCUT2D eigenvalue weighted by Crippen LogP contribution is -2.35. The van der Waals surface area contributed by atoms with Crippen molar-refractivity contribution < 1.29 is 9.59 Å². The number of carbonyl (C=O) groups excluding carboxylic acids is 2. The van der Waals surface area contributed by atoms with Gasteiger partial charge in [-0.15, -0.1) is 0 Å². The van der Waals surface area contributed by atoms with Crippen LogP contribution in [-0.2, 0) is 22.7 Å². The zero-order valence-electron chi connectivity index (χ0n) is 14.3. The Morgan fingerprint density at radius 2 is 1.54 bits per heavy atom. The first kappa shape index (κ1) is 16.5. The summed E-state index contributed by atoms with van der Waals surface area (Å²) in [6, 6.07) is 19.3. The summed E-state index contributed by atoms with van der Waals surface area (Å²) in [4.78, 5) is 29.1. The Labute approximate surface area is 152 Å². The Kier molecular flexibility index (Phi) is 4.27. The quantitative estimate of drug-likeness (QED) is 0.797. The molecule has 5 nitrogen and oxygen atoms in total. The van der Waals surface area contributed by atoms with E-state index in [1.54, 1.807) is 18.2 Å². The molecule has 2 aliphatic heterocycles. The fraction of sp³-hybridized carbons (Fsp3) is 0.286. The van der Waals surface area contributed by atoms with E-state index in [9.17, 15) is 9.59 Å². The molecular formula is C21H19N3O2. The highest BCUT2D eigenvalue weighted by Gasteiger charge is 2.52. The van der Waals surface area contributed by atoms with Crippen LogP contribution < -0.4 is 0 Å². The van der Waals surface area contributed by atoms with Gasteiger partial charge in [-0.1, -0.05) is 42.5 Å². The number of carbonyl (C=O) groups is 2. The largest absolute Gasteiger partial charge is 0.297 e. The van der Waals surface area contributed by atoms with Crippen molar-refractivity contribution in [2.75, 3.05) is 13.1 Å². The summed E-state index contributed by atoms with van der Waals surface area (Å²) < 4.78 is 0. The number of fused-ring (bicyclic) bond motifs is 1. The maximum Gasteiger partial charge on any atom is 0.234 e. The molecule has 2 saturated heterocycles. The molecule has 0 unspecified atom stereocenters. The highest BCUT2D eigenvalue weighted by Crippen LogP contribution is 2.35. The molecule has 0 aromatic heterocycles. The van der Waals surface area contributed by atoms with Gasteiger partial charge in [0.1, 0.15) is 0 Å². The van der Waals surface area contributed by atoms with E-state index < -0.39 is 0 Å². The average molecular weight is 345 g/mol. The predicted octanol–water partition coefficient (Wildman–Crippen LogP) is 2.18. The number of nitriles is 1. The van der Waals surface area contributed by atoms with Crippen LogP contribution in [0.1, 0.15) is 16.7 Å². The van der Waals surface area contributed by atoms with Gasteiger partial charge in [-0.25, -0.2) is 0 Å². The number of benzene rings is 2. The Morgan fingerprint density at radius 3 is 2.19 bits per heavy atom. The normalized spacial score (nSPS) is 22.5. The number of hydrogen-bond acceptors (Lipinski definition) is 4. The van der Waals surface area contributed by atoms with Gasteiger partial charge in [0.25, 0.3) is 0 Å². The van der Waals surface area contributed by atoms with E-state index in [-0.39, 0.29) is 30.2 Å². The molecule has 0 aliphatic carbocycles. The van der Waals surface area contributed by atoms with Crippen LogP contribution in [0.25, 0.3) is 0 Å². The predicted molar refractivity (Wildman–Crippen MR) is 95.4 cm³/mol. The summed E-state index contributed by atoms with van der Waals surface area (Å²) in [5, 5.41) is 9.01. The van der Waals surface area contributed by atoms with E-state index >= 15 is 0 Å². The molecule has 5 heteroatoms. The van der Waals surface area contributed by atoms with Crippen molar-refractivity contribution in [2.45, 2.75) is 13.1 Å². The molecule has 130 valence electrons. The lowest BCUT2D eigenvalue weighted by Gasteiger charge is -2.20. The van der Waals surface area contributed by atoms with Crippen molar-refractivity contribution in [2.24, 2.45) is 11.8 Å². The summed E-state index contributed by atoms with van der Waals surface area (Å²) >= 11 is 0. The minimum atomic E-state index is -0.245. The Hall–Kier alpha value is -2.97. The molecular weight excluding hydrogens is 326 g/mol. The first-order valence-electron chi connectivity index (χ1n) is 8.76. The second-order valence-electron chi connectivity index (χ2n) is 6.97. The highest BCUT2D eigenvalue weighted by molar-refractivity contribution is 6.05. The van der Waals surface area contributed by atoms with Gasteiger partial charge in [0, 0.05) is 19.6 Å². The van der Waals surface area contributed by atoms with Gasteiger partial charge in [0.05, 0.1) is 30.0 Å². The third-order valence-electron chi connectivity index (χ3n) is 5.21. The van der Waals surface area contributed by atoms with Crippen LogP contribution in [0.2, 0.25) is 0 Å². The van der Waals surface area contributed by atoms with Crippen molar-refractivity contribution >= 4 is 11.8 Å². The maximum atomic E-state index is 12.8. The van der Waals surface area contributed by atoms with E-state index in [0.717, 1.165) is 12.1 Å². The first-order chi connectivity index (χ1) is 12.7. The van der Waals surface area contributed by atoms with Crippen LogP contribution in [0, 0.1) is 23.2 Å². The van der Waals surface area contributed by atoms with Gasteiger partial charge in [-0.2, -0.15) is 5.26 Å². The maximum absolute atomic E-state index is 12.8. The highest BCUT2D eigenvalue weighted by atomic mass is 16.2. The fourth-order valence-electron chi connectivity index (χ4n) is 3.94. The molecule has 2 fully saturated rings. The molecule has 2 aliphatic rings. The Bertz CT molecular complexity index is 864. The van der Waals surface area contributed by atoms with Crippen LogP contribution in [0.15, 0.2) is 54.6 Å². The molecule has 0 bridgehead atoms. The molecule has 2 heterocycles. The number of hydrogen-bond donors (Lipinski definition) is 0. The molecule has 0 spiro atoms. The van der Waals surface area contributed by atoms with Crippen LogP contribution in [0.5, 0.6) is 0 Å². The van der Waals surface area contributed by atoms with Gasteiger partial charge in [0.2, 0.25) is 11.8 Å². The van der Waals surface area contributed by atoms with Crippen molar-refractivity contribution in [3.8, 4) is 6.07 Å². The van der Waals surface area contributed by atoms with Gasteiger partial charge in [-0.3, -0.25) is 19.4 Å². The number of imide groups is 1. The molecule has 0 radical (unpaired) electrons. The van der Waals surface area contributed by atoms with Crippen LogP contribution in [-0.4, -0.2) is 34.7 Å². The first-order valence-corrected chi connectivity index (χ1v) is 8.76. The van der Waals surface area contributed by atoms with Gasteiger partial charge < -0.3 is 0 Å². The van der Waals surface area contributed by atoms with Gasteiger partial charge in [0.15, 0.2) is 0 Å². The number of likely N-dealkylation sites (tertiary alicyclic amines) is 2. The second kappa shape index (κ2) is 6.74. The molecule has 2 aromatic rings. The van der Waals surface area contributed by atoms with Gasteiger partial charge >= 0.3 is 0 Å². The van der Waals surface area contributed by atoms with E-state index in [0.29, 0.717) is 18.7 Å². The third kappa shape index (κ3) is 3.00. The fourth-order valence-corrected chi connectivity index (χ4v) is 3.94.